The number of rotatable bonds is 1. The van der Waals surface area contributed by atoms with Gasteiger partial charge in [-0.1, -0.05) is 29.8 Å². The van der Waals surface area contributed by atoms with E-state index < -0.39 is 11.6 Å². The molecule has 0 aromatic heterocycles. The van der Waals surface area contributed by atoms with Crippen LogP contribution in [0.5, 0.6) is 0 Å². The molecule has 0 radical (unpaired) electrons. The summed E-state index contributed by atoms with van der Waals surface area (Å²) in [5.41, 5.74) is 1.99. The van der Waals surface area contributed by atoms with E-state index in [2.05, 4.69) is 4.99 Å². The lowest BCUT2D eigenvalue weighted by Gasteiger charge is -2.12. The van der Waals surface area contributed by atoms with E-state index in [0.717, 1.165) is 0 Å². The van der Waals surface area contributed by atoms with E-state index in [1.807, 2.05) is 6.92 Å². The Morgan fingerprint density at radius 2 is 1.83 bits per heavy atom. The van der Waals surface area contributed by atoms with Crippen molar-refractivity contribution in [2.45, 2.75) is 6.92 Å². The Kier molecular flexibility index (Phi) is 4.09. The third-order valence-corrected chi connectivity index (χ3v) is 4.02. The first-order valence-corrected chi connectivity index (χ1v) is 7.44. The van der Waals surface area contributed by atoms with Crippen molar-refractivity contribution in [1.82, 2.24) is 0 Å². The zero-order valence-electron chi connectivity index (χ0n) is 12.3. The first-order valence-electron chi connectivity index (χ1n) is 7.06. The number of hydrogen-bond acceptors (Lipinski definition) is 2. The molecule has 5 heteroatoms. The number of fused-ring (bicyclic) bond motifs is 1. The largest absolute Gasteiger partial charge is 0.300 e. The summed E-state index contributed by atoms with van der Waals surface area (Å²) in [6.07, 6.45) is 1.78. The summed E-state index contributed by atoms with van der Waals surface area (Å²) in [6.45, 7) is 1.99. The van der Waals surface area contributed by atoms with E-state index in [1.54, 1.807) is 24.3 Å². The highest BCUT2D eigenvalue weighted by molar-refractivity contribution is 6.32. The molecule has 0 saturated heterocycles. The Morgan fingerprint density at radius 3 is 2.48 bits per heavy atom. The standard InChI is InChI=1S/C18H13ClF2N2/c1-2-10-9-23-18(16-14(20)4-3-5-15(16)21)13-8-11(19)6-7-12(13)17(10)22/h2-8,22H,9H2,1H3/b10-2-,22-17?. The minimum atomic E-state index is -0.690. The SMILES string of the molecule is C/C=C1/CN=C(c2c(F)cccc2F)c2cc(Cl)ccc2C1=N. The van der Waals surface area contributed by atoms with E-state index in [0.29, 0.717) is 21.7 Å². The second kappa shape index (κ2) is 6.05. The average molecular weight is 331 g/mol. The van der Waals surface area contributed by atoms with Crippen LogP contribution >= 0.6 is 11.6 Å². The summed E-state index contributed by atoms with van der Waals surface area (Å²) in [5, 5.41) is 8.75. The Balaban J connectivity index is 2.33. The third kappa shape index (κ3) is 2.70. The molecule has 2 aromatic carbocycles. The second-order valence-corrected chi connectivity index (χ2v) is 5.58. The highest BCUT2D eigenvalue weighted by Crippen LogP contribution is 2.27. The topological polar surface area (TPSA) is 36.2 Å². The maximum atomic E-state index is 14.2. The number of nitrogens with one attached hydrogen (secondary N) is 1. The molecule has 0 bridgehead atoms. The van der Waals surface area contributed by atoms with E-state index >= 15 is 0 Å². The van der Waals surface area contributed by atoms with Crippen molar-refractivity contribution >= 4 is 23.0 Å². The summed E-state index contributed by atoms with van der Waals surface area (Å²) in [5.74, 6) is -1.38. The van der Waals surface area contributed by atoms with E-state index in [4.69, 9.17) is 17.0 Å². The molecule has 0 atom stereocenters. The van der Waals surface area contributed by atoms with Crippen LogP contribution in [0.25, 0.3) is 0 Å². The monoisotopic (exact) mass is 330 g/mol. The van der Waals surface area contributed by atoms with Crippen molar-refractivity contribution in [3.63, 3.8) is 0 Å². The van der Waals surface area contributed by atoms with Crippen LogP contribution in [0.3, 0.4) is 0 Å². The zero-order valence-corrected chi connectivity index (χ0v) is 13.1. The number of nitrogens with zero attached hydrogens (tertiary/aromatic N) is 1. The molecule has 0 saturated carbocycles. The van der Waals surface area contributed by atoms with Gasteiger partial charge in [0.25, 0.3) is 0 Å². The number of halogens is 3. The van der Waals surface area contributed by atoms with Gasteiger partial charge in [0.2, 0.25) is 0 Å². The molecule has 1 N–H and O–H groups in total. The van der Waals surface area contributed by atoms with E-state index in [-0.39, 0.29) is 23.5 Å². The predicted octanol–water partition coefficient (Wildman–Crippen LogP) is 4.78. The second-order valence-electron chi connectivity index (χ2n) is 5.14. The molecule has 0 fully saturated rings. The average Bonchev–Trinajstić information content (AvgIpc) is 2.65. The highest BCUT2D eigenvalue weighted by Gasteiger charge is 2.24. The fourth-order valence-corrected chi connectivity index (χ4v) is 2.78. The molecule has 0 spiro atoms. The van der Waals surface area contributed by atoms with Gasteiger partial charge in [0.15, 0.2) is 0 Å². The summed E-state index contributed by atoms with van der Waals surface area (Å²) in [6, 6.07) is 8.63. The van der Waals surface area contributed by atoms with Crippen LogP contribution in [0.4, 0.5) is 8.78 Å². The van der Waals surface area contributed by atoms with Gasteiger partial charge in [-0.05, 0) is 36.8 Å². The first-order chi connectivity index (χ1) is 11.0. The zero-order chi connectivity index (χ0) is 16.6. The van der Waals surface area contributed by atoms with Gasteiger partial charge < -0.3 is 0 Å². The third-order valence-electron chi connectivity index (χ3n) is 3.78. The summed E-state index contributed by atoms with van der Waals surface area (Å²) >= 11 is 6.05. The van der Waals surface area contributed by atoms with Gasteiger partial charge in [-0.3, -0.25) is 10.4 Å². The number of hydrogen-bond donors (Lipinski definition) is 1. The summed E-state index contributed by atoms with van der Waals surface area (Å²) < 4.78 is 28.4. The normalized spacial score (nSPS) is 16.1. The smallest absolute Gasteiger partial charge is 0.135 e. The maximum absolute atomic E-state index is 14.2. The minimum absolute atomic E-state index is 0.180. The van der Waals surface area contributed by atoms with Gasteiger partial charge in [-0.25, -0.2) is 8.78 Å². The Labute approximate surface area is 137 Å². The summed E-state index contributed by atoms with van der Waals surface area (Å²) in [4.78, 5) is 4.37. The van der Waals surface area contributed by atoms with Crippen LogP contribution in [0.2, 0.25) is 5.02 Å². The lowest BCUT2D eigenvalue weighted by atomic mass is 9.93. The van der Waals surface area contributed by atoms with Gasteiger partial charge in [-0.15, -0.1) is 0 Å². The molecule has 1 heterocycles. The fraction of sp³-hybridized carbons (Fsp3) is 0.111. The van der Waals surface area contributed by atoms with Crippen molar-refractivity contribution < 1.29 is 8.78 Å². The molecule has 0 unspecified atom stereocenters. The molecule has 2 nitrogen and oxygen atoms in total. The molecule has 0 aliphatic carbocycles. The van der Waals surface area contributed by atoms with Crippen molar-refractivity contribution in [3.05, 3.63) is 81.4 Å². The van der Waals surface area contributed by atoms with Crippen LogP contribution in [-0.4, -0.2) is 18.0 Å². The molecular formula is C18H13ClF2N2. The maximum Gasteiger partial charge on any atom is 0.135 e. The molecule has 1 aliphatic rings. The van der Waals surface area contributed by atoms with Crippen molar-refractivity contribution in [2.24, 2.45) is 4.99 Å². The Bertz CT molecular complexity index is 849. The quantitative estimate of drug-likeness (QED) is 0.781. The predicted molar refractivity (Wildman–Crippen MR) is 88.9 cm³/mol. The first kappa shape index (κ1) is 15.6. The number of aliphatic imine (C=N–C) groups is 1. The fourth-order valence-electron chi connectivity index (χ4n) is 2.61. The van der Waals surface area contributed by atoms with Crippen LogP contribution in [0.1, 0.15) is 23.6 Å². The molecule has 3 rings (SSSR count). The lowest BCUT2D eigenvalue weighted by Crippen LogP contribution is -2.12. The van der Waals surface area contributed by atoms with Gasteiger partial charge in [-0.2, -0.15) is 0 Å². The van der Waals surface area contributed by atoms with Gasteiger partial charge in [0.05, 0.1) is 23.5 Å². The van der Waals surface area contributed by atoms with Crippen LogP contribution in [0, 0.1) is 17.0 Å². The van der Waals surface area contributed by atoms with Crippen LogP contribution < -0.4 is 0 Å². The lowest BCUT2D eigenvalue weighted by molar-refractivity contribution is 0.579. The molecular weight excluding hydrogens is 318 g/mol. The Hall–Kier alpha value is -2.33. The number of allylic oxidation sites excluding steroid dienone is 1. The van der Waals surface area contributed by atoms with Crippen LogP contribution in [0.15, 0.2) is 53.0 Å². The molecule has 23 heavy (non-hydrogen) atoms. The molecule has 116 valence electrons. The summed E-state index contributed by atoms with van der Waals surface area (Å²) in [7, 11) is 0. The number of benzene rings is 2. The molecule has 2 aromatic rings. The van der Waals surface area contributed by atoms with Crippen molar-refractivity contribution in [1.29, 1.82) is 5.41 Å². The minimum Gasteiger partial charge on any atom is -0.300 e. The van der Waals surface area contributed by atoms with Gasteiger partial charge >= 0.3 is 0 Å². The molecule has 0 amide bonds. The van der Waals surface area contributed by atoms with E-state index in [9.17, 15) is 8.78 Å². The van der Waals surface area contributed by atoms with Gasteiger partial charge in [0.1, 0.15) is 11.6 Å². The molecule has 1 aliphatic heterocycles. The van der Waals surface area contributed by atoms with Gasteiger partial charge in [0, 0.05) is 16.1 Å². The highest BCUT2D eigenvalue weighted by atomic mass is 35.5. The van der Waals surface area contributed by atoms with E-state index in [1.165, 1.54) is 18.2 Å². The van der Waals surface area contributed by atoms with Crippen LogP contribution in [-0.2, 0) is 0 Å². The van der Waals surface area contributed by atoms with Crippen molar-refractivity contribution in [2.75, 3.05) is 6.54 Å². The Morgan fingerprint density at radius 1 is 1.13 bits per heavy atom. The van der Waals surface area contributed by atoms with Crippen molar-refractivity contribution in [3.8, 4) is 0 Å².